The van der Waals surface area contributed by atoms with Crippen molar-refractivity contribution in [2.24, 2.45) is 0 Å². The minimum atomic E-state index is -0.456. The van der Waals surface area contributed by atoms with E-state index in [9.17, 15) is 5.11 Å². The molecule has 0 bridgehead atoms. The van der Waals surface area contributed by atoms with E-state index in [1.165, 1.54) is 0 Å². The van der Waals surface area contributed by atoms with Crippen LogP contribution >= 0.6 is 0 Å². The van der Waals surface area contributed by atoms with Gasteiger partial charge in [-0.1, -0.05) is 25.6 Å². The van der Waals surface area contributed by atoms with Gasteiger partial charge in [0.25, 0.3) is 0 Å². The van der Waals surface area contributed by atoms with Crippen molar-refractivity contribution < 1.29 is 9.84 Å². The van der Waals surface area contributed by atoms with Crippen LogP contribution in [-0.2, 0) is 0 Å². The SMILES string of the molecule is C=C(CC)COc1cccc(C(C)O)c1. The van der Waals surface area contributed by atoms with Crippen LogP contribution in [0.25, 0.3) is 0 Å². The highest BCUT2D eigenvalue weighted by molar-refractivity contribution is 5.29. The van der Waals surface area contributed by atoms with Gasteiger partial charge in [-0.15, -0.1) is 0 Å². The van der Waals surface area contributed by atoms with Crippen molar-refractivity contribution in [2.75, 3.05) is 6.61 Å². The number of aliphatic hydroxyl groups excluding tert-OH is 1. The molecule has 0 fully saturated rings. The van der Waals surface area contributed by atoms with E-state index >= 15 is 0 Å². The van der Waals surface area contributed by atoms with Crippen LogP contribution in [0.15, 0.2) is 36.4 Å². The molecule has 0 heterocycles. The minimum Gasteiger partial charge on any atom is -0.489 e. The molecule has 0 amide bonds. The van der Waals surface area contributed by atoms with Gasteiger partial charge in [0.15, 0.2) is 0 Å². The van der Waals surface area contributed by atoms with Crippen LogP contribution in [0.1, 0.15) is 31.9 Å². The van der Waals surface area contributed by atoms with Crippen molar-refractivity contribution >= 4 is 0 Å². The van der Waals surface area contributed by atoms with Gasteiger partial charge in [-0.3, -0.25) is 0 Å². The molecule has 2 nitrogen and oxygen atoms in total. The first kappa shape index (κ1) is 11.8. The molecule has 82 valence electrons. The van der Waals surface area contributed by atoms with E-state index in [4.69, 9.17) is 4.74 Å². The summed E-state index contributed by atoms with van der Waals surface area (Å²) in [6.45, 7) is 8.21. The lowest BCUT2D eigenvalue weighted by molar-refractivity contribution is 0.198. The molecule has 0 spiro atoms. The Morgan fingerprint density at radius 3 is 2.87 bits per heavy atom. The lowest BCUT2D eigenvalue weighted by Gasteiger charge is -2.10. The molecule has 0 aliphatic carbocycles. The molecule has 15 heavy (non-hydrogen) atoms. The first-order chi connectivity index (χ1) is 7.13. The van der Waals surface area contributed by atoms with E-state index in [2.05, 4.69) is 13.5 Å². The first-order valence-corrected chi connectivity index (χ1v) is 5.21. The summed E-state index contributed by atoms with van der Waals surface area (Å²) in [6.07, 6.45) is 0.471. The van der Waals surface area contributed by atoms with Crippen LogP contribution in [0.4, 0.5) is 0 Å². The predicted octanol–water partition coefficient (Wildman–Crippen LogP) is 3.08. The van der Waals surface area contributed by atoms with Gasteiger partial charge in [-0.25, -0.2) is 0 Å². The molecule has 1 N–H and O–H groups in total. The van der Waals surface area contributed by atoms with Gasteiger partial charge in [-0.05, 0) is 36.6 Å². The van der Waals surface area contributed by atoms with Crippen LogP contribution in [0.3, 0.4) is 0 Å². The highest BCUT2D eigenvalue weighted by atomic mass is 16.5. The van der Waals surface area contributed by atoms with Gasteiger partial charge in [0.05, 0.1) is 6.10 Å². The quantitative estimate of drug-likeness (QED) is 0.750. The summed E-state index contributed by atoms with van der Waals surface area (Å²) >= 11 is 0. The molecule has 2 heteroatoms. The summed E-state index contributed by atoms with van der Waals surface area (Å²) in [7, 11) is 0. The number of ether oxygens (including phenoxy) is 1. The number of benzene rings is 1. The van der Waals surface area contributed by atoms with E-state index in [-0.39, 0.29) is 0 Å². The van der Waals surface area contributed by atoms with Gasteiger partial charge in [0.1, 0.15) is 12.4 Å². The first-order valence-electron chi connectivity index (χ1n) is 5.21. The lowest BCUT2D eigenvalue weighted by atomic mass is 10.1. The average molecular weight is 206 g/mol. The molecule has 0 aliphatic heterocycles. The maximum Gasteiger partial charge on any atom is 0.120 e. The molecule has 0 aromatic heterocycles. The maximum absolute atomic E-state index is 9.40. The summed E-state index contributed by atoms with van der Waals surface area (Å²) in [5.74, 6) is 0.781. The maximum atomic E-state index is 9.40. The fourth-order valence-corrected chi connectivity index (χ4v) is 1.15. The number of hydrogen-bond acceptors (Lipinski definition) is 2. The Morgan fingerprint density at radius 1 is 1.53 bits per heavy atom. The highest BCUT2D eigenvalue weighted by Gasteiger charge is 2.02. The normalized spacial score (nSPS) is 12.2. The summed E-state index contributed by atoms with van der Waals surface area (Å²) in [6, 6.07) is 7.50. The zero-order chi connectivity index (χ0) is 11.3. The smallest absolute Gasteiger partial charge is 0.120 e. The predicted molar refractivity (Wildman–Crippen MR) is 62.0 cm³/mol. The van der Waals surface area contributed by atoms with E-state index in [0.717, 1.165) is 23.3 Å². The van der Waals surface area contributed by atoms with Crippen LogP contribution in [0.5, 0.6) is 5.75 Å². The highest BCUT2D eigenvalue weighted by Crippen LogP contribution is 2.19. The molecule has 1 aromatic carbocycles. The lowest BCUT2D eigenvalue weighted by Crippen LogP contribution is -2.00. The molecule has 1 unspecified atom stereocenters. The Kier molecular flexibility index (Phi) is 4.37. The number of hydrogen-bond donors (Lipinski definition) is 1. The van der Waals surface area contributed by atoms with Crippen molar-refractivity contribution in [3.63, 3.8) is 0 Å². The number of rotatable bonds is 5. The topological polar surface area (TPSA) is 29.5 Å². The van der Waals surface area contributed by atoms with Crippen molar-refractivity contribution in [3.8, 4) is 5.75 Å². The van der Waals surface area contributed by atoms with E-state index in [1.54, 1.807) is 6.92 Å². The molecule has 0 radical (unpaired) electrons. The van der Waals surface area contributed by atoms with E-state index < -0.39 is 6.10 Å². The summed E-state index contributed by atoms with van der Waals surface area (Å²) in [5.41, 5.74) is 1.94. The summed E-state index contributed by atoms with van der Waals surface area (Å²) in [5, 5.41) is 9.40. The van der Waals surface area contributed by atoms with Gasteiger partial charge in [-0.2, -0.15) is 0 Å². The largest absolute Gasteiger partial charge is 0.489 e. The monoisotopic (exact) mass is 206 g/mol. The Bertz CT molecular complexity index is 329. The van der Waals surface area contributed by atoms with Crippen molar-refractivity contribution in [3.05, 3.63) is 42.0 Å². The Morgan fingerprint density at radius 2 is 2.27 bits per heavy atom. The van der Waals surface area contributed by atoms with Gasteiger partial charge >= 0.3 is 0 Å². The van der Waals surface area contributed by atoms with Crippen LogP contribution in [0, 0.1) is 0 Å². The average Bonchev–Trinajstić information content (AvgIpc) is 2.26. The Hall–Kier alpha value is -1.28. The molecule has 0 saturated carbocycles. The fourth-order valence-electron chi connectivity index (χ4n) is 1.15. The van der Waals surface area contributed by atoms with Crippen molar-refractivity contribution in [1.82, 2.24) is 0 Å². The molecule has 1 atom stereocenters. The van der Waals surface area contributed by atoms with Crippen LogP contribution in [0.2, 0.25) is 0 Å². The zero-order valence-corrected chi connectivity index (χ0v) is 9.36. The van der Waals surface area contributed by atoms with Crippen LogP contribution in [-0.4, -0.2) is 11.7 Å². The summed E-state index contributed by atoms with van der Waals surface area (Å²) < 4.78 is 5.54. The van der Waals surface area contributed by atoms with Gasteiger partial charge < -0.3 is 9.84 Å². The molecule has 1 rings (SSSR count). The molecule has 0 saturated heterocycles. The second kappa shape index (κ2) is 5.56. The zero-order valence-electron chi connectivity index (χ0n) is 9.36. The van der Waals surface area contributed by atoms with E-state index in [0.29, 0.717) is 6.61 Å². The molecule has 1 aromatic rings. The van der Waals surface area contributed by atoms with E-state index in [1.807, 2.05) is 24.3 Å². The minimum absolute atomic E-state index is 0.456. The standard InChI is InChI=1S/C13H18O2/c1-4-10(2)9-15-13-7-5-6-12(8-13)11(3)14/h5-8,11,14H,2,4,9H2,1,3H3. The summed E-state index contributed by atoms with van der Waals surface area (Å²) in [4.78, 5) is 0. The van der Waals surface area contributed by atoms with Crippen molar-refractivity contribution in [1.29, 1.82) is 0 Å². The molecular formula is C13H18O2. The Balaban J connectivity index is 2.61. The second-order valence-electron chi connectivity index (χ2n) is 3.64. The molecule has 0 aliphatic rings. The van der Waals surface area contributed by atoms with Crippen molar-refractivity contribution in [2.45, 2.75) is 26.4 Å². The van der Waals surface area contributed by atoms with Gasteiger partial charge in [0.2, 0.25) is 0 Å². The third-order valence-corrected chi connectivity index (χ3v) is 2.28. The third-order valence-electron chi connectivity index (χ3n) is 2.28. The molecular weight excluding hydrogens is 188 g/mol. The third kappa shape index (κ3) is 3.76. The Labute approximate surface area is 91.2 Å². The second-order valence-corrected chi connectivity index (χ2v) is 3.64. The van der Waals surface area contributed by atoms with Gasteiger partial charge in [0, 0.05) is 0 Å². The fraction of sp³-hybridized carbons (Fsp3) is 0.385. The van der Waals surface area contributed by atoms with Crippen LogP contribution < -0.4 is 4.74 Å². The number of aliphatic hydroxyl groups is 1.